The van der Waals surface area contributed by atoms with Crippen LogP contribution in [0, 0.1) is 12.8 Å². The minimum absolute atomic E-state index is 0.00870. The zero-order valence-corrected chi connectivity index (χ0v) is 13.3. The average Bonchev–Trinajstić information content (AvgIpc) is 2.84. The molecule has 1 amide bonds. The van der Waals surface area contributed by atoms with Gasteiger partial charge in [0.15, 0.2) is 5.13 Å². The first-order valence-electron chi connectivity index (χ1n) is 7.72. The number of hydrogen-bond donors (Lipinski definition) is 2. The minimum Gasteiger partial charge on any atom is -0.390 e. The first-order valence-corrected chi connectivity index (χ1v) is 8.60. The van der Waals surface area contributed by atoms with Gasteiger partial charge >= 0.3 is 0 Å². The second-order valence-corrected chi connectivity index (χ2v) is 7.23. The summed E-state index contributed by atoms with van der Waals surface area (Å²) in [6.07, 6.45) is 5.14. The monoisotopic (exact) mass is 309 g/mol. The highest BCUT2D eigenvalue weighted by molar-refractivity contribution is 7.13. The molecule has 1 aliphatic heterocycles. The van der Waals surface area contributed by atoms with Crippen molar-refractivity contribution in [1.29, 1.82) is 0 Å². The van der Waals surface area contributed by atoms with Gasteiger partial charge in [-0.15, -0.1) is 11.3 Å². The molecule has 0 spiro atoms. The molecule has 116 valence electrons. The number of hydrogen-bond acceptors (Lipinski definition) is 5. The minimum atomic E-state index is -0.475. The van der Waals surface area contributed by atoms with Gasteiger partial charge in [0.25, 0.3) is 0 Å². The van der Waals surface area contributed by atoms with Gasteiger partial charge in [0.2, 0.25) is 5.91 Å². The maximum Gasteiger partial charge on any atom is 0.240 e. The van der Waals surface area contributed by atoms with E-state index in [9.17, 15) is 9.90 Å². The smallest absolute Gasteiger partial charge is 0.240 e. The van der Waals surface area contributed by atoms with E-state index < -0.39 is 5.60 Å². The van der Waals surface area contributed by atoms with Crippen LogP contribution in [0.25, 0.3) is 0 Å². The van der Waals surface area contributed by atoms with Crippen molar-refractivity contribution in [3.8, 4) is 0 Å². The van der Waals surface area contributed by atoms with Gasteiger partial charge < -0.3 is 10.4 Å². The third-order valence-corrected chi connectivity index (χ3v) is 5.62. The number of piperidine rings is 1. The number of anilines is 1. The van der Waals surface area contributed by atoms with Gasteiger partial charge in [-0.1, -0.05) is 12.8 Å². The van der Waals surface area contributed by atoms with Crippen LogP contribution in [-0.2, 0) is 4.79 Å². The van der Waals surface area contributed by atoms with Crippen LogP contribution in [-0.4, -0.2) is 46.1 Å². The second-order valence-electron chi connectivity index (χ2n) is 6.37. The molecule has 1 saturated heterocycles. The molecule has 6 heteroatoms. The summed E-state index contributed by atoms with van der Waals surface area (Å²) in [5.41, 5.74) is 0.456. The zero-order chi connectivity index (χ0) is 14.9. The van der Waals surface area contributed by atoms with Gasteiger partial charge in [0, 0.05) is 24.4 Å². The molecule has 2 unspecified atom stereocenters. The number of carbonyl (C=O) groups excluding carboxylic acids is 1. The third-order valence-electron chi connectivity index (χ3n) is 4.74. The Morgan fingerprint density at radius 2 is 2.43 bits per heavy atom. The van der Waals surface area contributed by atoms with E-state index >= 15 is 0 Å². The fourth-order valence-corrected chi connectivity index (χ4v) is 4.26. The van der Waals surface area contributed by atoms with E-state index in [-0.39, 0.29) is 5.91 Å². The molecule has 2 heterocycles. The summed E-state index contributed by atoms with van der Waals surface area (Å²) < 4.78 is 0. The normalized spacial score (nSPS) is 29.9. The van der Waals surface area contributed by atoms with E-state index in [0.717, 1.165) is 44.5 Å². The van der Waals surface area contributed by atoms with E-state index in [0.29, 0.717) is 17.6 Å². The van der Waals surface area contributed by atoms with Crippen molar-refractivity contribution >= 4 is 22.4 Å². The van der Waals surface area contributed by atoms with Crippen molar-refractivity contribution in [2.75, 3.05) is 25.0 Å². The van der Waals surface area contributed by atoms with E-state index in [1.165, 1.54) is 17.8 Å². The van der Waals surface area contributed by atoms with Crippen LogP contribution in [0.2, 0.25) is 0 Å². The molecular formula is C15H23N3O2S. The van der Waals surface area contributed by atoms with Crippen LogP contribution in [0.3, 0.4) is 0 Å². The fraction of sp³-hybridized carbons (Fsp3) is 0.733. The number of likely N-dealkylation sites (tertiary alicyclic amines) is 1. The molecule has 1 aromatic rings. The number of aromatic nitrogens is 1. The summed E-state index contributed by atoms with van der Waals surface area (Å²) in [5.74, 6) is 0.320. The van der Waals surface area contributed by atoms with E-state index in [4.69, 9.17) is 0 Å². The lowest BCUT2D eigenvalue weighted by atomic mass is 9.71. The number of aliphatic hydroxyl groups is 1. The number of aryl methyl sites for hydroxylation is 1. The van der Waals surface area contributed by atoms with Crippen molar-refractivity contribution in [3.63, 3.8) is 0 Å². The fourth-order valence-electron chi connectivity index (χ4n) is 3.56. The van der Waals surface area contributed by atoms with Crippen LogP contribution >= 0.6 is 11.3 Å². The van der Waals surface area contributed by atoms with Gasteiger partial charge in [-0.25, -0.2) is 4.98 Å². The van der Waals surface area contributed by atoms with E-state index in [1.54, 1.807) is 0 Å². The summed E-state index contributed by atoms with van der Waals surface area (Å²) in [4.78, 5) is 18.5. The number of carbonyl (C=O) groups is 1. The molecule has 1 aromatic heterocycles. The van der Waals surface area contributed by atoms with Crippen molar-refractivity contribution < 1.29 is 9.90 Å². The highest BCUT2D eigenvalue weighted by atomic mass is 32.1. The first kappa shape index (κ1) is 14.9. The molecule has 1 saturated carbocycles. The summed E-state index contributed by atoms with van der Waals surface area (Å²) >= 11 is 1.46. The maximum absolute atomic E-state index is 12.1. The molecule has 2 aliphatic rings. The molecule has 21 heavy (non-hydrogen) atoms. The number of nitrogens with zero attached hydrogens (tertiary/aromatic N) is 2. The Hall–Kier alpha value is -0.980. The summed E-state index contributed by atoms with van der Waals surface area (Å²) in [5, 5.41) is 16.1. The quantitative estimate of drug-likeness (QED) is 0.896. The highest BCUT2D eigenvalue weighted by Gasteiger charge is 2.42. The van der Waals surface area contributed by atoms with E-state index in [1.807, 2.05) is 12.3 Å². The van der Waals surface area contributed by atoms with Gasteiger partial charge in [0.05, 0.1) is 17.8 Å². The van der Waals surface area contributed by atoms with Crippen molar-refractivity contribution in [1.82, 2.24) is 9.88 Å². The standard InChI is InChI=1S/C15H23N3O2S/c1-11-10-21-14(16-11)17-13(19)9-18-7-6-15(20)5-3-2-4-12(15)8-18/h10,12,20H,2-9H2,1H3,(H,16,17,19). The SMILES string of the molecule is Cc1csc(NC(=O)CN2CCC3(O)CCCCC3C2)n1. The van der Waals surface area contributed by atoms with Gasteiger partial charge in [-0.05, 0) is 26.2 Å². The third kappa shape index (κ3) is 3.44. The Morgan fingerprint density at radius 1 is 1.57 bits per heavy atom. The van der Waals surface area contributed by atoms with Crippen molar-refractivity contribution in [2.45, 2.75) is 44.6 Å². The van der Waals surface area contributed by atoms with Crippen molar-refractivity contribution in [3.05, 3.63) is 11.1 Å². The van der Waals surface area contributed by atoms with E-state index in [2.05, 4.69) is 15.2 Å². The Balaban J connectivity index is 1.53. The number of thiazole rings is 1. The Kier molecular flexibility index (Phi) is 4.28. The second kappa shape index (κ2) is 6.02. The zero-order valence-electron chi connectivity index (χ0n) is 12.5. The number of fused-ring (bicyclic) bond motifs is 1. The van der Waals surface area contributed by atoms with Crippen LogP contribution in [0.15, 0.2) is 5.38 Å². The van der Waals surface area contributed by atoms with Gasteiger partial charge in [-0.2, -0.15) is 0 Å². The predicted octanol–water partition coefficient (Wildman–Crippen LogP) is 2.02. The molecular weight excluding hydrogens is 286 g/mol. The summed E-state index contributed by atoms with van der Waals surface area (Å²) in [7, 11) is 0. The van der Waals surface area contributed by atoms with Crippen molar-refractivity contribution in [2.24, 2.45) is 5.92 Å². The molecule has 5 nitrogen and oxygen atoms in total. The topological polar surface area (TPSA) is 65.5 Å². The molecule has 2 atom stereocenters. The highest BCUT2D eigenvalue weighted by Crippen LogP contribution is 2.39. The molecule has 2 N–H and O–H groups in total. The maximum atomic E-state index is 12.1. The lowest BCUT2D eigenvalue weighted by Crippen LogP contribution is -2.54. The first-order chi connectivity index (χ1) is 10.0. The lowest BCUT2D eigenvalue weighted by molar-refractivity contribution is -0.123. The number of rotatable bonds is 3. The molecule has 1 aliphatic carbocycles. The molecule has 3 rings (SSSR count). The number of amides is 1. The average molecular weight is 309 g/mol. The molecule has 2 fully saturated rings. The van der Waals surface area contributed by atoms with Crippen LogP contribution in [0.1, 0.15) is 37.8 Å². The van der Waals surface area contributed by atoms with Gasteiger partial charge in [-0.3, -0.25) is 9.69 Å². The van der Waals surface area contributed by atoms with Crippen LogP contribution < -0.4 is 5.32 Å². The lowest BCUT2D eigenvalue weighted by Gasteiger charge is -2.47. The summed E-state index contributed by atoms with van der Waals surface area (Å²) in [6, 6.07) is 0. The van der Waals surface area contributed by atoms with Crippen LogP contribution in [0.5, 0.6) is 0 Å². The molecule has 0 aromatic carbocycles. The molecule has 0 radical (unpaired) electrons. The number of nitrogens with one attached hydrogen (secondary N) is 1. The Bertz CT molecular complexity index is 519. The van der Waals surface area contributed by atoms with Gasteiger partial charge in [0.1, 0.15) is 0 Å². The summed E-state index contributed by atoms with van der Waals surface area (Å²) in [6.45, 7) is 3.95. The Morgan fingerprint density at radius 3 is 3.19 bits per heavy atom. The van der Waals surface area contributed by atoms with Crippen LogP contribution in [0.4, 0.5) is 5.13 Å². The largest absolute Gasteiger partial charge is 0.390 e. The molecule has 0 bridgehead atoms. The Labute approximate surface area is 129 Å². The predicted molar refractivity (Wildman–Crippen MR) is 83.4 cm³/mol.